The lowest BCUT2D eigenvalue weighted by atomic mass is 10.2. The van der Waals surface area contributed by atoms with E-state index in [-0.39, 0.29) is 6.04 Å². The minimum atomic E-state index is -0.274. The predicted molar refractivity (Wildman–Crippen MR) is 65.0 cm³/mol. The highest BCUT2D eigenvalue weighted by atomic mass is 79.9. The van der Waals surface area contributed by atoms with Crippen LogP contribution >= 0.6 is 27.5 Å². The third-order valence-corrected chi connectivity index (χ3v) is 2.62. The van der Waals surface area contributed by atoms with Gasteiger partial charge in [0, 0.05) is 15.1 Å². The van der Waals surface area contributed by atoms with E-state index in [9.17, 15) is 0 Å². The van der Waals surface area contributed by atoms with E-state index >= 15 is 0 Å². The zero-order valence-corrected chi connectivity index (χ0v) is 10.8. The first-order chi connectivity index (χ1) is 7.56. The van der Waals surface area contributed by atoms with Gasteiger partial charge in [-0.05, 0) is 25.1 Å². The molecule has 1 atom stereocenters. The van der Waals surface area contributed by atoms with Crippen LogP contribution in [-0.4, -0.2) is 10.2 Å². The van der Waals surface area contributed by atoms with Gasteiger partial charge < -0.3 is 10.2 Å². The van der Waals surface area contributed by atoms with Crippen molar-refractivity contribution >= 4 is 27.5 Å². The van der Waals surface area contributed by atoms with Gasteiger partial charge in [-0.3, -0.25) is 0 Å². The molecule has 16 heavy (non-hydrogen) atoms. The molecule has 0 amide bonds. The van der Waals surface area contributed by atoms with Crippen LogP contribution in [0, 0.1) is 0 Å². The normalized spacial score (nSPS) is 12.8. The van der Waals surface area contributed by atoms with Crippen molar-refractivity contribution < 1.29 is 4.42 Å². The number of aromatic nitrogens is 2. The zero-order chi connectivity index (χ0) is 11.7. The van der Waals surface area contributed by atoms with E-state index in [1.54, 1.807) is 19.1 Å². The largest absolute Gasteiger partial charge is 0.419 e. The Kier molecular flexibility index (Phi) is 3.28. The summed E-state index contributed by atoms with van der Waals surface area (Å²) in [6.45, 7) is 1.78. The van der Waals surface area contributed by atoms with Crippen LogP contribution in [0.2, 0.25) is 5.02 Å². The molecule has 0 aliphatic rings. The molecule has 4 nitrogen and oxygen atoms in total. The zero-order valence-electron chi connectivity index (χ0n) is 8.45. The van der Waals surface area contributed by atoms with Gasteiger partial charge in [0.2, 0.25) is 11.8 Å². The van der Waals surface area contributed by atoms with Crippen LogP contribution in [0.1, 0.15) is 18.9 Å². The Balaban J connectivity index is 2.42. The molecule has 1 unspecified atom stereocenters. The average molecular weight is 303 g/mol. The molecule has 0 aliphatic heterocycles. The first-order valence-corrected chi connectivity index (χ1v) is 5.79. The summed E-state index contributed by atoms with van der Waals surface area (Å²) in [4.78, 5) is 0. The highest BCUT2D eigenvalue weighted by molar-refractivity contribution is 9.10. The van der Waals surface area contributed by atoms with E-state index in [1.807, 2.05) is 6.07 Å². The monoisotopic (exact) mass is 301 g/mol. The van der Waals surface area contributed by atoms with E-state index in [0.29, 0.717) is 16.8 Å². The summed E-state index contributed by atoms with van der Waals surface area (Å²) < 4.78 is 6.27. The maximum atomic E-state index is 5.92. The standard InChI is InChI=1S/C10H9BrClN3O/c1-5(13)9-14-15-10(16-9)6-2-7(11)4-8(12)3-6/h2-5H,13H2,1H3. The summed E-state index contributed by atoms with van der Waals surface area (Å²) in [6.07, 6.45) is 0. The van der Waals surface area contributed by atoms with Crippen molar-refractivity contribution in [2.24, 2.45) is 5.73 Å². The molecule has 2 rings (SSSR count). The lowest BCUT2D eigenvalue weighted by molar-refractivity contribution is 0.473. The minimum absolute atomic E-state index is 0.274. The van der Waals surface area contributed by atoms with E-state index in [1.165, 1.54) is 0 Å². The van der Waals surface area contributed by atoms with Gasteiger partial charge in [-0.2, -0.15) is 0 Å². The number of nitrogens with two attached hydrogens (primary N) is 1. The Morgan fingerprint density at radius 1 is 1.38 bits per heavy atom. The average Bonchev–Trinajstić information content (AvgIpc) is 2.64. The molecule has 1 aromatic carbocycles. The summed E-state index contributed by atoms with van der Waals surface area (Å²) >= 11 is 9.27. The first-order valence-electron chi connectivity index (χ1n) is 4.61. The molecule has 6 heteroatoms. The molecule has 2 aromatic rings. The van der Waals surface area contributed by atoms with Gasteiger partial charge in [-0.15, -0.1) is 10.2 Å². The van der Waals surface area contributed by atoms with Crippen molar-refractivity contribution in [2.45, 2.75) is 13.0 Å². The van der Waals surface area contributed by atoms with E-state index in [4.69, 9.17) is 21.8 Å². The fourth-order valence-corrected chi connectivity index (χ4v) is 2.07. The second kappa shape index (κ2) is 4.53. The number of benzene rings is 1. The SMILES string of the molecule is CC(N)c1nnc(-c2cc(Cl)cc(Br)c2)o1. The Labute approximate surface area is 106 Å². The van der Waals surface area contributed by atoms with Crippen LogP contribution in [0.15, 0.2) is 27.1 Å². The quantitative estimate of drug-likeness (QED) is 0.925. The van der Waals surface area contributed by atoms with Gasteiger partial charge in [0.25, 0.3) is 0 Å². The first kappa shape index (κ1) is 11.6. The summed E-state index contributed by atoms with van der Waals surface area (Å²) in [6, 6.07) is 5.12. The molecular weight excluding hydrogens is 293 g/mol. The maximum Gasteiger partial charge on any atom is 0.247 e. The van der Waals surface area contributed by atoms with Crippen LogP contribution in [0.5, 0.6) is 0 Å². The summed E-state index contributed by atoms with van der Waals surface area (Å²) in [7, 11) is 0. The molecule has 0 saturated heterocycles. The number of halogens is 2. The number of hydrogen-bond donors (Lipinski definition) is 1. The highest BCUT2D eigenvalue weighted by Crippen LogP contribution is 2.27. The lowest BCUT2D eigenvalue weighted by Crippen LogP contribution is -2.04. The topological polar surface area (TPSA) is 64.9 Å². The van der Waals surface area contributed by atoms with Crippen LogP contribution < -0.4 is 5.73 Å². The van der Waals surface area contributed by atoms with Gasteiger partial charge >= 0.3 is 0 Å². The number of nitrogens with zero attached hydrogens (tertiary/aromatic N) is 2. The molecule has 1 heterocycles. The van der Waals surface area contributed by atoms with Crippen molar-refractivity contribution in [1.29, 1.82) is 0 Å². The Hall–Kier alpha value is -0.910. The van der Waals surface area contributed by atoms with Gasteiger partial charge in [-0.1, -0.05) is 27.5 Å². The summed E-state index contributed by atoms with van der Waals surface area (Å²) in [5, 5.41) is 8.37. The molecule has 0 fully saturated rings. The Bertz CT molecular complexity index is 492. The molecule has 1 aromatic heterocycles. The van der Waals surface area contributed by atoms with Gasteiger partial charge in [0.05, 0.1) is 6.04 Å². The fraction of sp³-hybridized carbons (Fsp3) is 0.200. The smallest absolute Gasteiger partial charge is 0.247 e. The number of hydrogen-bond acceptors (Lipinski definition) is 4. The van der Waals surface area contributed by atoms with E-state index in [2.05, 4.69) is 26.1 Å². The van der Waals surface area contributed by atoms with Crippen LogP contribution in [0.4, 0.5) is 0 Å². The fourth-order valence-electron chi connectivity index (χ4n) is 1.21. The highest BCUT2D eigenvalue weighted by Gasteiger charge is 2.12. The van der Waals surface area contributed by atoms with Crippen LogP contribution in [-0.2, 0) is 0 Å². The van der Waals surface area contributed by atoms with Crippen molar-refractivity contribution in [3.8, 4) is 11.5 Å². The molecule has 2 N–H and O–H groups in total. The maximum absolute atomic E-state index is 5.92. The third kappa shape index (κ3) is 2.42. The minimum Gasteiger partial charge on any atom is -0.419 e. The predicted octanol–water partition coefficient (Wildman–Crippen LogP) is 3.17. The Morgan fingerprint density at radius 2 is 2.12 bits per heavy atom. The molecule has 0 saturated carbocycles. The van der Waals surface area contributed by atoms with Crippen molar-refractivity contribution in [3.63, 3.8) is 0 Å². The molecule has 84 valence electrons. The molecule has 0 bridgehead atoms. The van der Waals surface area contributed by atoms with Crippen molar-refractivity contribution in [1.82, 2.24) is 10.2 Å². The molecule has 0 aliphatic carbocycles. The third-order valence-electron chi connectivity index (χ3n) is 1.94. The van der Waals surface area contributed by atoms with E-state index in [0.717, 1.165) is 10.0 Å². The van der Waals surface area contributed by atoms with Gasteiger partial charge in [0.1, 0.15) is 0 Å². The molecular formula is C10H9BrClN3O. The number of rotatable bonds is 2. The van der Waals surface area contributed by atoms with Gasteiger partial charge in [0.15, 0.2) is 0 Å². The Morgan fingerprint density at radius 3 is 2.69 bits per heavy atom. The van der Waals surface area contributed by atoms with Crippen LogP contribution in [0.25, 0.3) is 11.5 Å². The summed E-state index contributed by atoms with van der Waals surface area (Å²) in [5.41, 5.74) is 6.40. The second-order valence-electron chi connectivity index (χ2n) is 3.39. The molecule has 0 radical (unpaired) electrons. The lowest BCUT2D eigenvalue weighted by Gasteiger charge is -1.98. The van der Waals surface area contributed by atoms with Crippen molar-refractivity contribution in [3.05, 3.63) is 33.6 Å². The molecule has 0 spiro atoms. The van der Waals surface area contributed by atoms with E-state index < -0.39 is 0 Å². The van der Waals surface area contributed by atoms with Crippen molar-refractivity contribution in [2.75, 3.05) is 0 Å². The van der Waals surface area contributed by atoms with Gasteiger partial charge in [-0.25, -0.2) is 0 Å². The second-order valence-corrected chi connectivity index (χ2v) is 4.74. The van der Waals surface area contributed by atoms with Crippen LogP contribution in [0.3, 0.4) is 0 Å². The summed E-state index contributed by atoms with van der Waals surface area (Å²) in [5.74, 6) is 0.821.